The van der Waals surface area contributed by atoms with Crippen molar-refractivity contribution in [1.29, 1.82) is 0 Å². The lowest BCUT2D eigenvalue weighted by Gasteiger charge is -2.21. The number of benzene rings is 2. The van der Waals surface area contributed by atoms with E-state index in [0.717, 1.165) is 11.0 Å². The Hall–Kier alpha value is -2.40. The number of anilines is 1. The third-order valence-corrected chi connectivity index (χ3v) is 3.79. The molecule has 0 aliphatic rings. The number of aromatic hydroxyl groups is 1. The summed E-state index contributed by atoms with van der Waals surface area (Å²) in [4.78, 5) is 4.40. The average molecular weight is 332 g/mol. The number of nitrogens with two attached hydrogens (primary N) is 1. The molecule has 0 radical (unpaired) electrons. The lowest BCUT2D eigenvalue weighted by Crippen LogP contribution is -2.20. The van der Waals surface area contributed by atoms with E-state index in [4.69, 9.17) is 22.1 Å². The van der Waals surface area contributed by atoms with Gasteiger partial charge in [-0.1, -0.05) is 11.6 Å². The minimum Gasteiger partial charge on any atom is -0.504 e. The molecule has 0 aliphatic heterocycles. The summed E-state index contributed by atoms with van der Waals surface area (Å²) in [6.07, 6.45) is 1.81. The number of halogens is 1. The smallest absolute Gasteiger partial charge is 0.187 e. The van der Waals surface area contributed by atoms with Crippen LogP contribution >= 0.6 is 11.6 Å². The van der Waals surface area contributed by atoms with Crippen LogP contribution in [-0.4, -0.2) is 14.7 Å². The molecule has 5 nitrogen and oxygen atoms in total. The fourth-order valence-electron chi connectivity index (χ4n) is 2.40. The van der Waals surface area contributed by atoms with Crippen LogP contribution in [0.15, 0.2) is 36.7 Å². The van der Waals surface area contributed by atoms with Crippen molar-refractivity contribution in [2.24, 2.45) is 0 Å². The van der Waals surface area contributed by atoms with Crippen LogP contribution in [0.2, 0.25) is 5.02 Å². The van der Waals surface area contributed by atoms with Crippen LogP contribution in [0.1, 0.15) is 20.8 Å². The Morgan fingerprint density at radius 3 is 2.61 bits per heavy atom. The molecule has 1 heterocycles. The first-order valence-corrected chi connectivity index (χ1v) is 7.57. The summed E-state index contributed by atoms with van der Waals surface area (Å²) < 4.78 is 7.83. The molecule has 23 heavy (non-hydrogen) atoms. The predicted molar refractivity (Wildman–Crippen MR) is 92.3 cm³/mol. The Morgan fingerprint density at radius 2 is 1.96 bits per heavy atom. The number of ether oxygens (including phenoxy) is 1. The van der Waals surface area contributed by atoms with Crippen LogP contribution < -0.4 is 10.5 Å². The minimum atomic E-state index is -0.103. The first-order chi connectivity index (χ1) is 10.8. The monoisotopic (exact) mass is 331 g/mol. The second-order valence-electron chi connectivity index (χ2n) is 6.39. The first kappa shape index (κ1) is 15.5. The Labute approximate surface area is 139 Å². The number of hydrogen-bond donors (Lipinski definition) is 2. The Balaban J connectivity index is 2.05. The standard InChI is InChI=1S/C17H18ClN3O2/c1-17(2,3)21-9-20-13-5-4-11(8-14(13)21)23-16-12(18)6-10(19)7-15(16)22/h4-9,22H,19H2,1-3H3. The molecule has 0 unspecified atom stereocenters. The van der Waals surface area contributed by atoms with Crippen LogP contribution in [0, 0.1) is 0 Å². The molecule has 0 saturated heterocycles. The second kappa shape index (κ2) is 5.35. The molecule has 120 valence electrons. The van der Waals surface area contributed by atoms with Crippen molar-refractivity contribution in [3.8, 4) is 17.2 Å². The highest BCUT2D eigenvalue weighted by molar-refractivity contribution is 6.32. The number of rotatable bonds is 2. The Bertz CT molecular complexity index is 858. The van der Waals surface area contributed by atoms with Crippen molar-refractivity contribution >= 4 is 28.3 Å². The van der Waals surface area contributed by atoms with Gasteiger partial charge in [0.1, 0.15) is 5.75 Å². The minimum absolute atomic E-state index is 0.0978. The highest BCUT2D eigenvalue weighted by Crippen LogP contribution is 2.40. The van der Waals surface area contributed by atoms with Gasteiger partial charge >= 0.3 is 0 Å². The summed E-state index contributed by atoms with van der Waals surface area (Å²) in [5.41, 5.74) is 7.73. The molecular formula is C17H18ClN3O2. The van der Waals surface area contributed by atoms with E-state index in [2.05, 4.69) is 30.3 Å². The first-order valence-electron chi connectivity index (χ1n) is 7.19. The fourth-order valence-corrected chi connectivity index (χ4v) is 2.67. The SMILES string of the molecule is CC(C)(C)n1cnc2ccc(Oc3c(O)cc(N)cc3Cl)cc21. The van der Waals surface area contributed by atoms with E-state index in [1.165, 1.54) is 12.1 Å². The number of nitrogen functional groups attached to an aromatic ring is 1. The molecule has 1 aromatic heterocycles. The predicted octanol–water partition coefficient (Wildman–Crippen LogP) is 4.52. The zero-order chi connectivity index (χ0) is 16.8. The number of fused-ring (bicyclic) bond motifs is 1. The largest absolute Gasteiger partial charge is 0.504 e. The molecule has 0 fully saturated rings. The van der Waals surface area contributed by atoms with Crippen LogP contribution in [0.3, 0.4) is 0 Å². The van der Waals surface area contributed by atoms with E-state index in [1.807, 2.05) is 18.5 Å². The van der Waals surface area contributed by atoms with E-state index in [1.54, 1.807) is 6.07 Å². The van der Waals surface area contributed by atoms with Gasteiger partial charge in [-0.05, 0) is 39.0 Å². The van der Waals surface area contributed by atoms with Gasteiger partial charge in [0.25, 0.3) is 0 Å². The molecule has 0 bridgehead atoms. The number of hydrogen-bond acceptors (Lipinski definition) is 4. The van der Waals surface area contributed by atoms with Crippen LogP contribution in [0.4, 0.5) is 5.69 Å². The summed E-state index contributed by atoms with van der Waals surface area (Å²) in [5.74, 6) is 0.645. The molecule has 0 saturated carbocycles. The summed E-state index contributed by atoms with van der Waals surface area (Å²) in [5, 5.41) is 10.2. The molecule has 6 heteroatoms. The van der Waals surface area contributed by atoms with Crippen molar-refractivity contribution in [2.75, 3.05) is 5.73 Å². The van der Waals surface area contributed by atoms with E-state index in [0.29, 0.717) is 11.4 Å². The van der Waals surface area contributed by atoms with Crippen molar-refractivity contribution in [3.05, 3.63) is 41.7 Å². The third kappa shape index (κ3) is 2.92. The molecular weight excluding hydrogens is 314 g/mol. The number of imidazole rings is 1. The highest BCUT2D eigenvalue weighted by atomic mass is 35.5. The van der Waals surface area contributed by atoms with Gasteiger partial charge < -0.3 is 20.1 Å². The normalized spacial score (nSPS) is 11.8. The second-order valence-corrected chi connectivity index (χ2v) is 6.80. The van der Waals surface area contributed by atoms with Gasteiger partial charge in [0.05, 0.1) is 22.4 Å². The summed E-state index contributed by atoms with van der Waals surface area (Å²) in [6, 6.07) is 8.47. The molecule has 3 rings (SSSR count). The van der Waals surface area contributed by atoms with Crippen molar-refractivity contribution in [2.45, 2.75) is 26.3 Å². The van der Waals surface area contributed by atoms with Crippen LogP contribution in [0.5, 0.6) is 17.2 Å². The number of phenols is 1. The maximum atomic E-state index is 9.98. The van der Waals surface area contributed by atoms with Gasteiger partial charge in [-0.2, -0.15) is 0 Å². The lowest BCUT2D eigenvalue weighted by molar-refractivity contribution is 0.404. The number of nitrogens with zero attached hydrogens (tertiary/aromatic N) is 2. The van der Waals surface area contributed by atoms with Gasteiger partial charge in [-0.3, -0.25) is 0 Å². The molecule has 0 aliphatic carbocycles. The van der Waals surface area contributed by atoms with Gasteiger partial charge in [0.15, 0.2) is 11.5 Å². The van der Waals surface area contributed by atoms with E-state index in [-0.39, 0.29) is 22.1 Å². The van der Waals surface area contributed by atoms with Gasteiger partial charge in [-0.25, -0.2) is 4.98 Å². The van der Waals surface area contributed by atoms with Crippen molar-refractivity contribution in [1.82, 2.24) is 9.55 Å². The Kier molecular flexibility index (Phi) is 3.60. The lowest BCUT2D eigenvalue weighted by atomic mass is 10.1. The summed E-state index contributed by atoms with van der Waals surface area (Å²) in [6.45, 7) is 6.30. The zero-order valence-electron chi connectivity index (χ0n) is 13.2. The summed E-state index contributed by atoms with van der Waals surface area (Å²) >= 11 is 6.10. The highest BCUT2D eigenvalue weighted by Gasteiger charge is 2.17. The molecule has 2 aromatic carbocycles. The topological polar surface area (TPSA) is 73.3 Å². The molecule has 0 amide bonds. The van der Waals surface area contributed by atoms with E-state index < -0.39 is 0 Å². The quantitative estimate of drug-likeness (QED) is 0.677. The molecule has 0 atom stereocenters. The molecule has 0 spiro atoms. The van der Waals surface area contributed by atoms with Gasteiger partial charge in [0.2, 0.25) is 0 Å². The van der Waals surface area contributed by atoms with E-state index >= 15 is 0 Å². The maximum Gasteiger partial charge on any atom is 0.187 e. The zero-order valence-corrected chi connectivity index (χ0v) is 13.9. The van der Waals surface area contributed by atoms with Crippen molar-refractivity contribution in [3.63, 3.8) is 0 Å². The maximum absolute atomic E-state index is 9.98. The molecule has 3 N–H and O–H groups in total. The number of aromatic nitrogens is 2. The third-order valence-electron chi connectivity index (χ3n) is 3.51. The Morgan fingerprint density at radius 1 is 1.22 bits per heavy atom. The van der Waals surface area contributed by atoms with Crippen LogP contribution in [0.25, 0.3) is 11.0 Å². The van der Waals surface area contributed by atoms with Crippen LogP contribution in [-0.2, 0) is 5.54 Å². The van der Waals surface area contributed by atoms with Crippen molar-refractivity contribution < 1.29 is 9.84 Å². The molecule has 3 aromatic rings. The van der Waals surface area contributed by atoms with E-state index in [9.17, 15) is 5.11 Å². The summed E-state index contributed by atoms with van der Waals surface area (Å²) in [7, 11) is 0. The number of phenolic OH excluding ortho intramolecular Hbond substituents is 1. The fraction of sp³-hybridized carbons (Fsp3) is 0.235. The average Bonchev–Trinajstić information content (AvgIpc) is 2.85. The van der Waals surface area contributed by atoms with Gasteiger partial charge in [-0.15, -0.1) is 0 Å². The van der Waals surface area contributed by atoms with Gasteiger partial charge in [0, 0.05) is 23.4 Å².